The van der Waals surface area contributed by atoms with Crippen LogP contribution in [-0.4, -0.2) is 83.9 Å². The number of urea groups is 1. The first kappa shape index (κ1) is 23.0. The summed E-state index contributed by atoms with van der Waals surface area (Å²) in [6.07, 6.45) is 1.38. The van der Waals surface area contributed by atoms with Crippen molar-refractivity contribution < 1.29 is 22.4 Å². The first-order valence-electron chi connectivity index (χ1n) is 11.1. The van der Waals surface area contributed by atoms with Crippen LogP contribution in [0.2, 0.25) is 0 Å². The predicted octanol–water partition coefficient (Wildman–Crippen LogP) is 1.28. The molecule has 0 unspecified atom stereocenters. The molecule has 2 aliphatic heterocycles. The van der Waals surface area contributed by atoms with E-state index in [1.54, 1.807) is 29.2 Å². The number of aromatic nitrogens is 2. The molecule has 1 aromatic carbocycles. The quantitative estimate of drug-likeness (QED) is 0.555. The van der Waals surface area contributed by atoms with Gasteiger partial charge in [-0.05, 0) is 24.3 Å². The van der Waals surface area contributed by atoms with Gasteiger partial charge in [0.1, 0.15) is 17.2 Å². The molecule has 2 saturated heterocycles. The maximum atomic E-state index is 13.6. The number of nitrogens with two attached hydrogens (primary N) is 1. The van der Waals surface area contributed by atoms with Gasteiger partial charge in [0.2, 0.25) is 0 Å². The number of amides is 3. The van der Waals surface area contributed by atoms with Crippen LogP contribution in [0.3, 0.4) is 0 Å². The minimum atomic E-state index is -3.07. The molecular formula is C23H23FN6O4S. The molecule has 182 valence electrons. The van der Waals surface area contributed by atoms with Crippen molar-refractivity contribution in [1.29, 1.82) is 0 Å². The topological polar surface area (TPSA) is 139 Å². The van der Waals surface area contributed by atoms with E-state index < -0.39 is 9.84 Å². The number of sulfone groups is 1. The smallest absolute Gasteiger partial charge is 0.320 e. The molecule has 3 N–H and O–H groups in total. The normalized spacial score (nSPS) is 17.7. The van der Waals surface area contributed by atoms with Crippen LogP contribution in [0.4, 0.5) is 15.0 Å². The summed E-state index contributed by atoms with van der Waals surface area (Å²) in [5, 5.41) is 3.40. The number of hydrogen-bond donors (Lipinski definition) is 2. The van der Waals surface area contributed by atoms with Crippen LogP contribution in [0.1, 0.15) is 10.4 Å². The van der Waals surface area contributed by atoms with Gasteiger partial charge in [-0.2, -0.15) is 0 Å². The van der Waals surface area contributed by atoms with Gasteiger partial charge in [-0.15, -0.1) is 0 Å². The summed E-state index contributed by atoms with van der Waals surface area (Å²) >= 11 is 0. The van der Waals surface area contributed by atoms with Crippen LogP contribution >= 0.6 is 0 Å². The first-order chi connectivity index (χ1) is 16.7. The maximum Gasteiger partial charge on any atom is 0.320 e. The molecule has 3 amide bonds. The van der Waals surface area contributed by atoms with Gasteiger partial charge in [-0.3, -0.25) is 4.79 Å². The molecule has 2 fully saturated rings. The van der Waals surface area contributed by atoms with Gasteiger partial charge in [0.25, 0.3) is 5.91 Å². The second-order valence-corrected chi connectivity index (χ2v) is 11.0. The highest BCUT2D eigenvalue weighted by Gasteiger charge is 2.36. The van der Waals surface area contributed by atoms with Gasteiger partial charge in [0.15, 0.2) is 9.84 Å². The van der Waals surface area contributed by atoms with E-state index in [0.29, 0.717) is 40.8 Å². The summed E-state index contributed by atoms with van der Waals surface area (Å²) in [5.74, 6) is -0.664. The van der Waals surface area contributed by atoms with Gasteiger partial charge in [-0.1, -0.05) is 12.1 Å². The minimum absolute atomic E-state index is 0.0288. The maximum absolute atomic E-state index is 13.6. The van der Waals surface area contributed by atoms with Gasteiger partial charge >= 0.3 is 6.03 Å². The summed E-state index contributed by atoms with van der Waals surface area (Å²) in [6.45, 7) is 1.02. The van der Waals surface area contributed by atoms with Gasteiger partial charge in [-0.25, -0.2) is 27.6 Å². The van der Waals surface area contributed by atoms with E-state index in [2.05, 4.69) is 15.3 Å². The predicted molar refractivity (Wildman–Crippen MR) is 128 cm³/mol. The number of likely N-dealkylation sites (tertiary alicyclic amines) is 1. The Morgan fingerprint density at radius 1 is 1.09 bits per heavy atom. The molecule has 35 heavy (non-hydrogen) atoms. The molecular weight excluding hydrogens is 475 g/mol. The Bertz CT molecular complexity index is 1430. The highest BCUT2D eigenvalue weighted by molar-refractivity contribution is 7.91. The summed E-state index contributed by atoms with van der Waals surface area (Å²) in [4.78, 5) is 37.3. The van der Waals surface area contributed by atoms with Gasteiger partial charge in [0, 0.05) is 43.3 Å². The second-order valence-electron chi connectivity index (χ2n) is 8.66. The van der Waals surface area contributed by atoms with Crippen LogP contribution in [0.25, 0.3) is 22.2 Å². The molecule has 4 heterocycles. The standard InChI is InChI=1S/C23H23FN6O4S/c24-15-3-1-2-14(10-15)19-5-4-17-18(11-26-21(25)20(17)28-19)22(31)27-16-12-30(13-16)23(32)29-6-8-35(33,34)9-7-29/h1-5,10-11,16H,6-9,12-13H2,(H2,25,26)(H,27,31). The molecule has 3 aromatic rings. The molecule has 12 heteroatoms. The Morgan fingerprint density at radius 2 is 1.83 bits per heavy atom. The van der Waals surface area contributed by atoms with E-state index in [4.69, 9.17) is 5.73 Å². The SMILES string of the molecule is Nc1ncc(C(=O)NC2CN(C(=O)N3CCS(=O)(=O)CC3)C2)c2ccc(-c3cccc(F)c3)nc12. The Morgan fingerprint density at radius 3 is 2.54 bits per heavy atom. The van der Waals surface area contributed by atoms with Crippen molar-refractivity contribution in [3.63, 3.8) is 0 Å². The lowest BCUT2D eigenvalue weighted by molar-refractivity contribution is 0.0806. The van der Waals surface area contributed by atoms with Crippen LogP contribution in [0.15, 0.2) is 42.6 Å². The van der Waals surface area contributed by atoms with Crippen LogP contribution in [0.5, 0.6) is 0 Å². The molecule has 10 nitrogen and oxygen atoms in total. The molecule has 0 bridgehead atoms. The molecule has 0 spiro atoms. The molecule has 0 saturated carbocycles. The van der Waals surface area contributed by atoms with Crippen molar-refractivity contribution in [1.82, 2.24) is 25.1 Å². The molecule has 0 radical (unpaired) electrons. The lowest BCUT2D eigenvalue weighted by atomic mass is 10.1. The highest BCUT2D eigenvalue weighted by Crippen LogP contribution is 2.26. The fraction of sp³-hybridized carbons (Fsp3) is 0.304. The molecule has 0 aliphatic carbocycles. The molecule has 0 atom stereocenters. The monoisotopic (exact) mass is 498 g/mol. The van der Waals surface area contributed by atoms with Crippen LogP contribution < -0.4 is 11.1 Å². The summed E-state index contributed by atoms with van der Waals surface area (Å²) < 4.78 is 36.8. The lowest BCUT2D eigenvalue weighted by Gasteiger charge is -2.42. The zero-order valence-electron chi connectivity index (χ0n) is 18.6. The number of nitrogens with one attached hydrogen (secondary N) is 1. The van der Waals surface area contributed by atoms with E-state index in [9.17, 15) is 22.4 Å². The summed E-state index contributed by atoms with van der Waals surface area (Å²) in [5.41, 5.74) is 7.72. The number of hydrogen-bond acceptors (Lipinski definition) is 7. The number of halogens is 1. The van der Waals surface area contributed by atoms with Crippen LogP contribution in [-0.2, 0) is 9.84 Å². The van der Waals surface area contributed by atoms with Crippen molar-refractivity contribution in [2.45, 2.75) is 6.04 Å². The largest absolute Gasteiger partial charge is 0.382 e. The van der Waals surface area contributed by atoms with Crippen molar-refractivity contribution in [3.8, 4) is 11.3 Å². The number of benzene rings is 1. The number of nitrogens with zero attached hydrogens (tertiary/aromatic N) is 4. The Hall–Kier alpha value is -3.80. The number of rotatable bonds is 3. The minimum Gasteiger partial charge on any atom is -0.382 e. The fourth-order valence-electron chi connectivity index (χ4n) is 4.22. The van der Waals surface area contributed by atoms with Crippen molar-refractivity contribution in [2.75, 3.05) is 43.4 Å². The van der Waals surface area contributed by atoms with E-state index in [1.165, 1.54) is 23.2 Å². The summed E-state index contributed by atoms with van der Waals surface area (Å²) in [7, 11) is -3.07. The Balaban J connectivity index is 1.27. The number of pyridine rings is 2. The number of nitrogen functional groups attached to an aromatic ring is 1. The zero-order valence-corrected chi connectivity index (χ0v) is 19.5. The number of carbonyl (C=O) groups excluding carboxylic acids is 2. The third-order valence-electron chi connectivity index (χ3n) is 6.23. The zero-order chi connectivity index (χ0) is 24.7. The van der Waals surface area contributed by atoms with Crippen molar-refractivity contribution in [3.05, 3.63) is 54.0 Å². The van der Waals surface area contributed by atoms with E-state index in [0.717, 1.165) is 0 Å². The number of anilines is 1. The van der Waals surface area contributed by atoms with E-state index in [-0.39, 0.29) is 54.2 Å². The fourth-order valence-corrected chi connectivity index (χ4v) is 5.42. The molecule has 2 aliphatic rings. The van der Waals surface area contributed by atoms with Gasteiger partial charge < -0.3 is 20.9 Å². The first-order valence-corrected chi connectivity index (χ1v) is 12.9. The highest BCUT2D eigenvalue weighted by atomic mass is 32.2. The molecule has 2 aromatic heterocycles. The van der Waals surface area contributed by atoms with Gasteiger partial charge in [0.05, 0.1) is 28.8 Å². The Kier molecular flexibility index (Phi) is 5.75. The third-order valence-corrected chi connectivity index (χ3v) is 7.84. The van der Waals surface area contributed by atoms with E-state index in [1.807, 2.05) is 0 Å². The Labute approximate surface area is 200 Å². The summed E-state index contributed by atoms with van der Waals surface area (Å²) in [6, 6.07) is 8.94. The van der Waals surface area contributed by atoms with Crippen LogP contribution in [0, 0.1) is 5.82 Å². The average molecular weight is 499 g/mol. The lowest BCUT2D eigenvalue weighted by Crippen LogP contribution is -2.64. The molecule has 5 rings (SSSR count). The van der Waals surface area contributed by atoms with E-state index >= 15 is 0 Å². The average Bonchev–Trinajstić information content (AvgIpc) is 2.80. The number of fused-ring (bicyclic) bond motifs is 1. The second kappa shape index (κ2) is 8.77. The third kappa shape index (κ3) is 4.61. The van der Waals surface area contributed by atoms with Crippen molar-refractivity contribution >= 4 is 38.5 Å². The van der Waals surface area contributed by atoms with Crippen molar-refractivity contribution in [2.24, 2.45) is 0 Å². The number of carbonyl (C=O) groups is 2.